The summed E-state index contributed by atoms with van der Waals surface area (Å²) in [5, 5.41) is 2.95. The van der Waals surface area contributed by atoms with Crippen LogP contribution < -0.4 is 5.32 Å². The van der Waals surface area contributed by atoms with Crippen LogP contribution in [0.1, 0.15) is 52.9 Å². The number of nitrogens with zero attached hydrogens (tertiary/aromatic N) is 1. The third-order valence-corrected chi connectivity index (χ3v) is 4.14. The SMILES string of the molecule is CCCNC(=O)N1CCC(CC)(CC)CC1. The van der Waals surface area contributed by atoms with Crippen molar-refractivity contribution in [2.45, 2.75) is 52.9 Å². The van der Waals surface area contributed by atoms with Crippen molar-refractivity contribution in [1.82, 2.24) is 10.2 Å². The summed E-state index contributed by atoms with van der Waals surface area (Å²) >= 11 is 0. The molecule has 0 aliphatic carbocycles. The number of carbonyl (C=O) groups excluding carboxylic acids is 1. The average molecular weight is 226 g/mol. The fourth-order valence-electron chi connectivity index (χ4n) is 2.48. The second-order valence-electron chi connectivity index (χ2n) is 4.93. The van der Waals surface area contributed by atoms with Crippen molar-refractivity contribution < 1.29 is 4.79 Å². The molecule has 1 saturated heterocycles. The summed E-state index contributed by atoms with van der Waals surface area (Å²) in [5.74, 6) is 0. The molecule has 16 heavy (non-hydrogen) atoms. The molecule has 0 saturated carbocycles. The van der Waals surface area contributed by atoms with E-state index in [1.165, 1.54) is 25.7 Å². The minimum Gasteiger partial charge on any atom is -0.338 e. The molecular weight excluding hydrogens is 200 g/mol. The number of hydrogen-bond donors (Lipinski definition) is 1. The fraction of sp³-hybridized carbons (Fsp3) is 0.923. The number of nitrogens with one attached hydrogen (secondary N) is 1. The molecular formula is C13H26N2O. The molecule has 1 N–H and O–H groups in total. The Labute approximate surface area is 99.6 Å². The predicted octanol–water partition coefficient (Wildman–Crippen LogP) is 3.01. The highest BCUT2D eigenvalue weighted by molar-refractivity contribution is 5.74. The van der Waals surface area contributed by atoms with Gasteiger partial charge in [-0.1, -0.05) is 33.6 Å². The van der Waals surface area contributed by atoms with Crippen molar-refractivity contribution in [2.24, 2.45) is 5.41 Å². The highest BCUT2D eigenvalue weighted by Crippen LogP contribution is 2.37. The molecule has 0 aromatic rings. The summed E-state index contributed by atoms with van der Waals surface area (Å²) in [7, 11) is 0. The van der Waals surface area contributed by atoms with Crippen molar-refractivity contribution in [3.63, 3.8) is 0 Å². The van der Waals surface area contributed by atoms with Crippen LogP contribution in [-0.4, -0.2) is 30.6 Å². The monoisotopic (exact) mass is 226 g/mol. The number of amides is 2. The lowest BCUT2D eigenvalue weighted by Gasteiger charge is -2.40. The number of hydrogen-bond acceptors (Lipinski definition) is 1. The summed E-state index contributed by atoms with van der Waals surface area (Å²) in [5.41, 5.74) is 0.502. The molecule has 0 spiro atoms. The van der Waals surface area contributed by atoms with Crippen LogP contribution in [0.15, 0.2) is 0 Å². The van der Waals surface area contributed by atoms with E-state index < -0.39 is 0 Å². The minimum atomic E-state index is 0.127. The zero-order chi connectivity index (χ0) is 12.0. The molecule has 0 aromatic heterocycles. The van der Waals surface area contributed by atoms with Gasteiger partial charge in [0.15, 0.2) is 0 Å². The van der Waals surface area contributed by atoms with Gasteiger partial charge in [0.1, 0.15) is 0 Å². The van der Waals surface area contributed by atoms with E-state index in [1.807, 2.05) is 4.90 Å². The summed E-state index contributed by atoms with van der Waals surface area (Å²) in [6.07, 6.45) is 5.83. The number of likely N-dealkylation sites (tertiary alicyclic amines) is 1. The maximum Gasteiger partial charge on any atom is 0.317 e. The Kier molecular flexibility index (Phi) is 5.10. The molecule has 1 rings (SSSR count). The van der Waals surface area contributed by atoms with Crippen molar-refractivity contribution >= 4 is 6.03 Å². The summed E-state index contributed by atoms with van der Waals surface area (Å²) < 4.78 is 0. The maximum absolute atomic E-state index is 11.8. The van der Waals surface area contributed by atoms with E-state index in [0.717, 1.165) is 26.1 Å². The molecule has 1 aliphatic rings. The van der Waals surface area contributed by atoms with Gasteiger partial charge in [0.05, 0.1) is 0 Å². The number of urea groups is 1. The molecule has 0 radical (unpaired) electrons. The standard InChI is InChI=1S/C13H26N2O/c1-4-9-14-12(16)15-10-7-13(5-2,6-3)8-11-15/h4-11H2,1-3H3,(H,14,16). The molecule has 94 valence electrons. The molecule has 3 nitrogen and oxygen atoms in total. The first-order chi connectivity index (χ1) is 7.67. The van der Waals surface area contributed by atoms with Crippen molar-refractivity contribution in [2.75, 3.05) is 19.6 Å². The third-order valence-electron chi connectivity index (χ3n) is 4.14. The van der Waals surface area contributed by atoms with Crippen LogP contribution in [-0.2, 0) is 0 Å². The first-order valence-corrected chi connectivity index (χ1v) is 6.70. The van der Waals surface area contributed by atoms with Gasteiger partial charge in [-0.2, -0.15) is 0 Å². The molecule has 1 aliphatic heterocycles. The molecule has 0 unspecified atom stereocenters. The summed E-state index contributed by atoms with van der Waals surface area (Å²) in [6, 6.07) is 0.127. The smallest absolute Gasteiger partial charge is 0.317 e. The van der Waals surface area contributed by atoms with E-state index in [0.29, 0.717) is 5.41 Å². The number of carbonyl (C=O) groups is 1. The predicted molar refractivity (Wildman–Crippen MR) is 67.5 cm³/mol. The Morgan fingerprint density at radius 3 is 2.19 bits per heavy atom. The molecule has 3 heteroatoms. The number of rotatable bonds is 4. The van der Waals surface area contributed by atoms with Crippen LogP contribution in [0.2, 0.25) is 0 Å². The lowest BCUT2D eigenvalue weighted by molar-refractivity contribution is 0.109. The van der Waals surface area contributed by atoms with E-state index >= 15 is 0 Å². The van der Waals surface area contributed by atoms with E-state index in [9.17, 15) is 4.79 Å². The normalized spacial score (nSPS) is 19.6. The first kappa shape index (κ1) is 13.3. The largest absolute Gasteiger partial charge is 0.338 e. The van der Waals surface area contributed by atoms with Gasteiger partial charge < -0.3 is 10.2 Å². The Bertz CT molecular complexity index is 214. The second-order valence-corrected chi connectivity index (χ2v) is 4.93. The lowest BCUT2D eigenvalue weighted by atomic mass is 9.74. The van der Waals surface area contributed by atoms with Gasteiger partial charge in [0, 0.05) is 19.6 Å². The van der Waals surface area contributed by atoms with Gasteiger partial charge in [0.2, 0.25) is 0 Å². The van der Waals surface area contributed by atoms with Crippen molar-refractivity contribution in [3.8, 4) is 0 Å². The van der Waals surface area contributed by atoms with E-state index in [4.69, 9.17) is 0 Å². The van der Waals surface area contributed by atoms with Crippen LogP contribution in [0.3, 0.4) is 0 Å². The quantitative estimate of drug-likeness (QED) is 0.785. The first-order valence-electron chi connectivity index (χ1n) is 6.70. The topological polar surface area (TPSA) is 32.3 Å². The number of piperidine rings is 1. The van der Waals surface area contributed by atoms with Crippen LogP contribution in [0.5, 0.6) is 0 Å². The fourth-order valence-corrected chi connectivity index (χ4v) is 2.48. The third kappa shape index (κ3) is 3.13. The van der Waals surface area contributed by atoms with Crippen LogP contribution in [0, 0.1) is 5.41 Å². The highest BCUT2D eigenvalue weighted by atomic mass is 16.2. The van der Waals surface area contributed by atoms with Gasteiger partial charge >= 0.3 is 6.03 Å². The van der Waals surface area contributed by atoms with Gasteiger partial charge in [-0.25, -0.2) is 4.79 Å². The highest BCUT2D eigenvalue weighted by Gasteiger charge is 2.32. The molecule has 0 atom stereocenters. The maximum atomic E-state index is 11.8. The molecule has 0 aromatic carbocycles. The van der Waals surface area contributed by atoms with E-state index in [2.05, 4.69) is 26.1 Å². The van der Waals surface area contributed by atoms with Gasteiger partial charge in [-0.3, -0.25) is 0 Å². The van der Waals surface area contributed by atoms with E-state index in [1.54, 1.807) is 0 Å². The molecule has 0 bridgehead atoms. The summed E-state index contributed by atoms with van der Waals surface area (Å²) in [6.45, 7) is 9.28. The second kappa shape index (κ2) is 6.12. The molecule has 2 amide bonds. The Balaban J connectivity index is 2.39. The lowest BCUT2D eigenvalue weighted by Crippen LogP contribution is -2.47. The van der Waals surface area contributed by atoms with Crippen LogP contribution in [0.4, 0.5) is 4.79 Å². The average Bonchev–Trinajstić information content (AvgIpc) is 2.36. The van der Waals surface area contributed by atoms with Crippen LogP contribution >= 0.6 is 0 Å². The van der Waals surface area contributed by atoms with Gasteiger partial charge in [-0.15, -0.1) is 0 Å². The van der Waals surface area contributed by atoms with Crippen LogP contribution in [0.25, 0.3) is 0 Å². The summed E-state index contributed by atoms with van der Waals surface area (Å²) in [4.78, 5) is 13.7. The minimum absolute atomic E-state index is 0.127. The zero-order valence-corrected chi connectivity index (χ0v) is 11.0. The van der Waals surface area contributed by atoms with Gasteiger partial charge in [-0.05, 0) is 24.7 Å². The zero-order valence-electron chi connectivity index (χ0n) is 11.0. The Hall–Kier alpha value is -0.730. The van der Waals surface area contributed by atoms with E-state index in [-0.39, 0.29) is 6.03 Å². The Morgan fingerprint density at radius 2 is 1.75 bits per heavy atom. The molecule has 1 fully saturated rings. The van der Waals surface area contributed by atoms with Crippen molar-refractivity contribution in [1.29, 1.82) is 0 Å². The Morgan fingerprint density at radius 1 is 1.19 bits per heavy atom. The molecule has 1 heterocycles. The van der Waals surface area contributed by atoms with Gasteiger partial charge in [0.25, 0.3) is 0 Å². The van der Waals surface area contributed by atoms with Crippen molar-refractivity contribution in [3.05, 3.63) is 0 Å².